The number of methoxy groups -OCH3 is 1. The van der Waals surface area contributed by atoms with Gasteiger partial charge in [-0.25, -0.2) is 0 Å². The molecule has 0 aliphatic carbocycles. The van der Waals surface area contributed by atoms with Crippen molar-refractivity contribution >= 4 is 5.97 Å². The van der Waals surface area contributed by atoms with Crippen LogP contribution in [0.4, 0.5) is 0 Å². The van der Waals surface area contributed by atoms with Gasteiger partial charge >= 0.3 is 5.97 Å². The predicted molar refractivity (Wildman–Crippen MR) is 67.8 cm³/mol. The molecule has 18 heavy (non-hydrogen) atoms. The zero-order valence-electron chi connectivity index (χ0n) is 10.9. The third kappa shape index (κ3) is 4.01. The van der Waals surface area contributed by atoms with Crippen LogP contribution in [-0.4, -0.2) is 48.3 Å². The minimum atomic E-state index is -0.916. The normalized spacial score (nSPS) is 12.5. The van der Waals surface area contributed by atoms with E-state index in [1.807, 2.05) is 19.1 Å². The van der Waals surface area contributed by atoms with Gasteiger partial charge in [0.1, 0.15) is 5.75 Å². The molecule has 1 aromatic rings. The van der Waals surface area contributed by atoms with Gasteiger partial charge in [-0.2, -0.15) is 0 Å². The van der Waals surface area contributed by atoms with E-state index in [0.29, 0.717) is 11.3 Å². The Morgan fingerprint density at radius 3 is 2.72 bits per heavy atom. The van der Waals surface area contributed by atoms with Crippen molar-refractivity contribution in [2.24, 2.45) is 0 Å². The molecule has 1 unspecified atom stereocenters. The van der Waals surface area contributed by atoms with E-state index < -0.39 is 12.1 Å². The minimum absolute atomic E-state index is 0.106. The first-order valence-electron chi connectivity index (χ1n) is 5.67. The average molecular weight is 253 g/mol. The molecule has 5 heteroatoms. The Kier molecular flexibility index (Phi) is 5.12. The van der Waals surface area contributed by atoms with E-state index in [9.17, 15) is 9.90 Å². The van der Waals surface area contributed by atoms with Gasteiger partial charge in [-0.15, -0.1) is 0 Å². The van der Waals surface area contributed by atoms with E-state index in [1.54, 1.807) is 25.1 Å². The van der Waals surface area contributed by atoms with Crippen LogP contribution in [0.3, 0.4) is 0 Å². The fourth-order valence-corrected chi connectivity index (χ4v) is 1.80. The highest BCUT2D eigenvalue weighted by molar-refractivity contribution is 5.69. The Balaban J connectivity index is 2.79. The highest BCUT2D eigenvalue weighted by Crippen LogP contribution is 2.26. The Morgan fingerprint density at radius 2 is 2.17 bits per heavy atom. The molecule has 0 aromatic heterocycles. The predicted octanol–water partition coefficient (Wildman–Crippen LogP) is 1.05. The minimum Gasteiger partial charge on any atom is -0.496 e. The lowest BCUT2D eigenvalue weighted by atomic mass is 10.0. The molecule has 0 aliphatic rings. The SMILES string of the molecule is COc1ccc(C)cc1C(O)CN(C)CC(=O)O. The summed E-state index contributed by atoms with van der Waals surface area (Å²) in [6.45, 7) is 2.06. The van der Waals surface area contributed by atoms with Crippen LogP contribution in [0.25, 0.3) is 0 Å². The molecule has 0 saturated carbocycles. The molecule has 0 radical (unpaired) electrons. The summed E-state index contributed by atoms with van der Waals surface area (Å²) >= 11 is 0. The number of hydrogen-bond donors (Lipinski definition) is 2. The molecule has 0 saturated heterocycles. The number of carboxylic acid groups (broad SMARTS) is 1. The summed E-state index contributed by atoms with van der Waals surface area (Å²) < 4.78 is 5.19. The number of nitrogens with zero attached hydrogens (tertiary/aromatic N) is 1. The number of hydrogen-bond acceptors (Lipinski definition) is 4. The van der Waals surface area contributed by atoms with Crippen molar-refractivity contribution in [2.45, 2.75) is 13.0 Å². The Labute approximate surface area is 107 Å². The molecule has 5 nitrogen and oxygen atoms in total. The highest BCUT2D eigenvalue weighted by atomic mass is 16.5. The maximum absolute atomic E-state index is 10.6. The molecule has 2 N–H and O–H groups in total. The first-order valence-corrected chi connectivity index (χ1v) is 5.67. The maximum atomic E-state index is 10.6. The Hall–Kier alpha value is -1.59. The van der Waals surface area contributed by atoms with E-state index in [0.717, 1.165) is 5.56 Å². The number of carbonyl (C=O) groups is 1. The van der Waals surface area contributed by atoms with Gasteiger partial charge in [0, 0.05) is 12.1 Å². The molecule has 1 atom stereocenters. The van der Waals surface area contributed by atoms with E-state index in [2.05, 4.69) is 0 Å². The summed E-state index contributed by atoms with van der Waals surface area (Å²) in [6, 6.07) is 5.54. The molecule has 0 spiro atoms. The van der Waals surface area contributed by atoms with Crippen LogP contribution in [0, 0.1) is 6.92 Å². The van der Waals surface area contributed by atoms with Crippen LogP contribution in [0.2, 0.25) is 0 Å². The molecule has 1 aromatic carbocycles. The lowest BCUT2D eigenvalue weighted by Gasteiger charge is -2.20. The third-order valence-corrected chi connectivity index (χ3v) is 2.63. The number of benzene rings is 1. The lowest BCUT2D eigenvalue weighted by Crippen LogP contribution is -2.30. The second kappa shape index (κ2) is 6.37. The standard InChI is InChI=1S/C13H19NO4/c1-9-4-5-12(18-3)10(6-9)11(15)7-14(2)8-13(16)17/h4-6,11,15H,7-8H2,1-3H3,(H,16,17). The molecule has 0 fully saturated rings. The number of aliphatic hydroxyl groups is 1. The molecule has 1 rings (SSSR count). The molecule has 0 bridgehead atoms. The lowest BCUT2D eigenvalue weighted by molar-refractivity contribution is -0.138. The molecule has 0 amide bonds. The van der Waals surface area contributed by atoms with Crippen LogP contribution >= 0.6 is 0 Å². The second-order valence-electron chi connectivity index (χ2n) is 4.35. The second-order valence-corrected chi connectivity index (χ2v) is 4.35. The van der Waals surface area contributed by atoms with Crippen molar-refractivity contribution in [2.75, 3.05) is 27.2 Å². The van der Waals surface area contributed by atoms with E-state index in [1.165, 1.54) is 0 Å². The molecular formula is C13H19NO4. The number of aliphatic hydroxyl groups excluding tert-OH is 1. The molecule has 0 heterocycles. The summed E-state index contributed by atoms with van der Waals surface area (Å²) in [6.07, 6.45) is -0.774. The summed E-state index contributed by atoms with van der Waals surface area (Å²) in [5.41, 5.74) is 1.69. The fourth-order valence-electron chi connectivity index (χ4n) is 1.80. The van der Waals surface area contributed by atoms with E-state index in [4.69, 9.17) is 9.84 Å². The van der Waals surface area contributed by atoms with Gasteiger partial charge in [0.2, 0.25) is 0 Å². The summed E-state index contributed by atoms with van der Waals surface area (Å²) in [5, 5.41) is 18.8. The Morgan fingerprint density at radius 1 is 1.50 bits per heavy atom. The van der Waals surface area contributed by atoms with Gasteiger partial charge < -0.3 is 14.9 Å². The number of carboxylic acids is 1. The summed E-state index contributed by atoms with van der Waals surface area (Å²) in [5.74, 6) is -0.308. The van der Waals surface area contributed by atoms with Crippen LogP contribution in [0.15, 0.2) is 18.2 Å². The number of likely N-dealkylation sites (N-methyl/N-ethyl adjacent to an activating group) is 1. The summed E-state index contributed by atoms with van der Waals surface area (Å²) in [4.78, 5) is 12.1. The monoisotopic (exact) mass is 253 g/mol. The number of rotatable bonds is 6. The highest BCUT2D eigenvalue weighted by Gasteiger charge is 2.16. The van der Waals surface area contributed by atoms with Gasteiger partial charge in [0.15, 0.2) is 0 Å². The van der Waals surface area contributed by atoms with E-state index >= 15 is 0 Å². The smallest absolute Gasteiger partial charge is 0.317 e. The molecular weight excluding hydrogens is 234 g/mol. The summed E-state index contributed by atoms with van der Waals surface area (Å²) in [7, 11) is 3.20. The zero-order valence-corrected chi connectivity index (χ0v) is 10.9. The largest absolute Gasteiger partial charge is 0.496 e. The van der Waals surface area contributed by atoms with Gasteiger partial charge in [0.05, 0.1) is 19.8 Å². The van der Waals surface area contributed by atoms with Crippen molar-refractivity contribution in [3.63, 3.8) is 0 Å². The van der Waals surface area contributed by atoms with E-state index in [-0.39, 0.29) is 13.1 Å². The van der Waals surface area contributed by atoms with Gasteiger partial charge in [-0.05, 0) is 26.1 Å². The van der Waals surface area contributed by atoms with Crippen molar-refractivity contribution in [1.29, 1.82) is 0 Å². The maximum Gasteiger partial charge on any atom is 0.317 e. The zero-order chi connectivity index (χ0) is 13.7. The van der Waals surface area contributed by atoms with Crippen molar-refractivity contribution in [3.8, 4) is 5.75 Å². The Bertz CT molecular complexity index is 419. The van der Waals surface area contributed by atoms with Crippen LogP contribution in [0.5, 0.6) is 5.75 Å². The fraction of sp³-hybridized carbons (Fsp3) is 0.462. The van der Waals surface area contributed by atoms with Crippen LogP contribution in [0.1, 0.15) is 17.2 Å². The van der Waals surface area contributed by atoms with Crippen LogP contribution in [-0.2, 0) is 4.79 Å². The number of aryl methyl sites for hydroxylation is 1. The van der Waals surface area contributed by atoms with Crippen molar-refractivity contribution in [1.82, 2.24) is 4.90 Å². The number of aliphatic carboxylic acids is 1. The third-order valence-electron chi connectivity index (χ3n) is 2.63. The van der Waals surface area contributed by atoms with Gasteiger partial charge in [0.25, 0.3) is 0 Å². The van der Waals surface area contributed by atoms with Gasteiger partial charge in [-0.3, -0.25) is 9.69 Å². The molecule has 100 valence electrons. The molecule has 0 aliphatic heterocycles. The first kappa shape index (κ1) is 14.5. The topological polar surface area (TPSA) is 70.0 Å². The quantitative estimate of drug-likeness (QED) is 0.793. The van der Waals surface area contributed by atoms with Crippen molar-refractivity contribution in [3.05, 3.63) is 29.3 Å². The number of ether oxygens (including phenoxy) is 1. The average Bonchev–Trinajstić information content (AvgIpc) is 2.27. The van der Waals surface area contributed by atoms with Gasteiger partial charge in [-0.1, -0.05) is 11.6 Å². The first-order chi connectivity index (χ1) is 8.43. The van der Waals surface area contributed by atoms with Crippen molar-refractivity contribution < 1.29 is 19.7 Å². The van der Waals surface area contributed by atoms with Crippen LogP contribution < -0.4 is 4.74 Å².